The predicted molar refractivity (Wildman–Crippen MR) is 97.5 cm³/mol. The third-order valence-electron chi connectivity index (χ3n) is 3.85. The summed E-state index contributed by atoms with van der Waals surface area (Å²) in [5, 5.41) is 3.54. The number of aromatic nitrogens is 1. The van der Waals surface area contributed by atoms with Crippen LogP contribution in [0.5, 0.6) is 0 Å². The number of anilines is 1. The first-order chi connectivity index (χ1) is 10.8. The van der Waals surface area contributed by atoms with Crippen molar-refractivity contribution in [2.45, 2.75) is 33.1 Å². The largest absolute Gasteiger partial charge is 0.298 e. The first kappa shape index (κ1) is 15.7. The second-order valence-electron chi connectivity index (χ2n) is 6.72. The van der Waals surface area contributed by atoms with Gasteiger partial charge in [0.05, 0.1) is 10.2 Å². The predicted octanol–water partition coefficient (Wildman–Crippen LogP) is 5.15. The molecule has 2 aromatic carbocycles. The molecule has 3 nitrogen and oxygen atoms in total. The number of thiazole rings is 1. The van der Waals surface area contributed by atoms with E-state index in [0.717, 1.165) is 15.8 Å². The van der Waals surface area contributed by atoms with Crippen LogP contribution in [0.15, 0.2) is 42.5 Å². The highest BCUT2D eigenvalue weighted by Crippen LogP contribution is 2.28. The number of rotatable bonds is 2. The van der Waals surface area contributed by atoms with Crippen molar-refractivity contribution in [2.24, 2.45) is 0 Å². The zero-order chi connectivity index (χ0) is 16.6. The van der Waals surface area contributed by atoms with Gasteiger partial charge in [0.25, 0.3) is 5.91 Å². The molecule has 1 amide bonds. The van der Waals surface area contributed by atoms with E-state index in [-0.39, 0.29) is 11.3 Å². The second kappa shape index (κ2) is 5.78. The van der Waals surface area contributed by atoms with E-state index in [0.29, 0.717) is 10.7 Å². The van der Waals surface area contributed by atoms with Crippen LogP contribution in [-0.4, -0.2) is 10.9 Å². The number of fused-ring (bicyclic) bond motifs is 1. The minimum Gasteiger partial charge on any atom is -0.298 e. The maximum atomic E-state index is 12.4. The molecule has 1 aromatic heterocycles. The number of aryl methyl sites for hydroxylation is 1. The van der Waals surface area contributed by atoms with Crippen molar-refractivity contribution >= 4 is 32.6 Å². The van der Waals surface area contributed by atoms with Gasteiger partial charge in [-0.25, -0.2) is 4.98 Å². The van der Waals surface area contributed by atoms with E-state index in [1.165, 1.54) is 16.9 Å². The molecule has 1 N–H and O–H groups in total. The van der Waals surface area contributed by atoms with Gasteiger partial charge in [0.2, 0.25) is 0 Å². The van der Waals surface area contributed by atoms with Crippen LogP contribution in [0.25, 0.3) is 10.2 Å². The normalized spacial score (nSPS) is 11.7. The van der Waals surface area contributed by atoms with Gasteiger partial charge in [-0.05, 0) is 41.7 Å². The summed E-state index contributed by atoms with van der Waals surface area (Å²) in [6.45, 7) is 8.50. The number of nitrogens with zero attached hydrogens (tertiary/aromatic N) is 1. The van der Waals surface area contributed by atoms with Gasteiger partial charge in [-0.1, -0.05) is 56.4 Å². The fraction of sp³-hybridized carbons (Fsp3) is 0.263. The number of benzene rings is 2. The summed E-state index contributed by atoms with van der Waals surface area (Å²) in [4.78, 5) is 16.9. The zero-order valence-electron chi connectivity index (χ0n) is 13.8. The molecule has 0 aliphatic carbocycles. The average molecular weight is 324 g/mol. The Morgan fingerprint density at radius 3 is 2.39 bits per heavy atom. The van der Waals surface area contributed by atoms with Gasteiger partial charge in [-0.3, -0.25) is 10.1 Å². The molecule has 0 saturated carbocycles. The summed E-state index contributed by atoms with van der Waals surface area (Å²) in [5.74, 6) is -0.123. The summed E-state index contributed by atoms with van der Waals surface area (Å²) in [6.07, 6.45) is 0. The zero-order valence-corrected chi connectivity index (χ0v) is 14.6. The van der Waals surface area contributed by atoms with Crippen LogP contribution >= 0.6 is 11.3 Å². The van der Waals surface area contributed by atoms with E-state index in [1.54, 1.807) is 0 Å². The number of carbonyl (C=O) groups is 1. The van der Waals surface area contributed by atoms with Crippen LogP contribution in [0.3, 0.4) is 0 Å². The summed E-state index contributed by atoms with van der Waals surface area (Å²) < 4.78 is 1.09. The molecule has 3 aromatic rings. The van der Waals surface area contributed by atoms with E-state index in [4.69, 9.17) is 0 Å². The first-order valence-corrected chi connectivity index (χ1v) is 8.44. The summed E-state index contributed by atoms with van der Waals surface area (Å²) in [5.41, 5.74) is 4.02. The highest BCUT2D eigenvalue weighted by atomic mass is 32.1. The van der Waals surface area contributed by atoms with Crippen molar-refractivity contribution in [2.75, 3.05) is 5.32 Å². The van der Waals surface area contributed by atoms with Crippen LogP contribution in [0.1, 0.15) is 42.3 Å². The van der Waals surface area contributed by atoms with Crippen molar-refractivity contribution in [3.8, 4) is 0 Å². The fourth-order valence-electron chi connectivity index (χ4n) is 2.43. The molecular formula is C19H20N2OS. The minimum absolute atomic E-state index is 0.0829. The summed E-state index contributed by atoms with van der Waals surface area (Å²) in [7, 11) is 0. The van der Waals surface area contributed by atoms with E-state index in [1.807, 2.05) is 49.4 Å². The van der Waals surface area contributed by atoms with Crippen LogP contribution in [0.2, 0.25) is 0 Å². The van der Waals surface area contributed by atoms with Crippen molar-refractivity contribution in [1.29, 1.82) is 0 Å². The van der Waals surface area contributed by atoms with Gasteiger partial charge in [-0.15, -0.1) is 0 Å². The van der Waals surface area contributed by atoms with Crippen LogP contribution in [0.4, 0.5) is 5.13 Å². The number of hydrogen-bond donors (Lipinski definition) is 1. The molecule has 118 valence electrons. The van der Waals surface area contributed by atoms with E-state index < -0.39 is 0 Å². The van der Waals surface area contributed by atoms with E-state index in [2.05, 4.69) is 31.1 Å². The van der Waals surface area contributed by atoms with E-state index in [9.17, 15) is 4.79 Å². The molecular weight excluding hydrogens is 304 g/mol. The fourth-order valence-corrected chi connectivity index (χ4v) is 3.37. The van der Waals surface area contributed by atoms with Gasteiger partial charge < -0.3 is 0 Å². The lowest BCUT2D eigenvalue weighted by atomic mass is 9.87. The van der Waals surface area contributed by atoms with Gasteiger partial charge in [0.1, 0.15) is 0 Å². The second-order valence-corrected chi connectivity index (χ2v) is 7.75. The highest BCUT2D eigenvalue weighted by Gasteiger charge is 2.15. The van der Waals surface area contributed by atoms with Crippen LogP contribution in [-0.2, 0) is 5.41 Å². The molecule has 23 heavy (non-hydrogen) atoms. The molecule has 0 bridgehead atoms. The molecule has 0 spiro atoms. The van der Waals surface area contributed by atoms with E-state index >= 15 is 0 Å². The molecule has 3 rings (SSSR count). The Bertz CT molecular complexity index is 857. The Balaban J connectivity index is 1.81. The van der Waals surface area contributed by atoms with Crippen molar-refractivity contribution in [3.63, 3.8) is 0 Å². The number of para-hydroxylation sites is 1. The topological polar surface area (TPSA) is 42.0 Å². The lowest BCUT2D eigenvalue weighted by Crippen LogP contribution is -2.14. The van der Waals surface area contributed by atoms with Crippen LogP contribution in [0, 0.1) is 6.92 Å². The maximum absolute atomic E-state index is 12.4. The smallest absolute Gasteiger partial charge is 0.257 e. The summed E-state index contributed by atoms with van der Waals surface area (Å²) in [6, 6.07) is 13.8. The Morgan fingerprint density at radius 2 is 1.78 bits per heavy atom. The molecule has 0 aliphatic rings. The lowest BCUT2D eigenvalue weighted by Gasteiger charge is -2.18. The molecule has 0 unspecified atom stereocenters. The minimum atomic E-state index is -0.123. The molecule has 0 fully saturated rings. The third-order valence-corrected chi connectivity index (χ3v) is 4.79. The molecule has 0 saturated heterocycles. The van der Waals surface area contributed by atoms with Gasteiger partial charge in [-0.2, -0.15) is 0 Å². The van der Waals surface area contributed by atoms with Gasteiger partial charge in [0, 0.05) is 5.56 Å². The Kier molecular flexibility index (Phi) is 3.94. The number of hydrogen-bond acceptors (Lipinski definition) is 3. The SMILES string of the molecule is Cc1cccc2sc(NC(=O)c3ccc(C(C)(C)C)cc3)nc12. The number of carbonyl (C=O) groups excluding carboxylic acids is 1. The van der Waals surface area contributed by atoms with Crippen molar-refractivity contribution in [1.82, 2.24) is 4.98 Å². The standard InChI is InChI=1S/C19H20N2OS/c1-12-6-5-7-15-16(12)20-18(23-15)21-17(22)13-8-10-14(11-9-13)19(2,3)4/h5-11H,1-4H3,(H,20,21,22). The van der Waals surface area contributed by atoms with Gasteiger partial charge in [0.15, 0.2) is 5.13 Å². The third kappa shape index (κ3) is 3.27. The quantitative estimate of drug-likeness (QED) is 0.708. The number of nitrogens with one attached hydrogen (secondary N) is 1. The Labute approximate surface area is 140 Å². The van der Waals surface area contributed by atoms with Gasteiger partial charge >= 0.3 is 0 Å². The monoisotopic (exact) mass is 324 g/mol. The molecule has 4 heteroatoms. The first-order valence-electron chi connectivity index (χ1n) is 7.62. The van der Waals surface area contributed by atoms with Crippen molar-refractivity contribution < 1.29 is 4.79 Å². The number of amides is 1. The Hall–Kier alpha value is -2.20. The Morgan fingerprint density at radius 1 is 1.09 bits per heavy atom. The molecule has 1 heterocycles. The molecule has 0 radical (unpaired) electrons. The maximum Gasteiger partial charge on any atom is 0.257 e. The highest BCUT2D eigenvalue weighted by molar-refractivity contribution is 7.22. The molecule has 0 atom stereocenters. The van der Waals surface area contributed by atoms with Crippen molar-refractivity contribution in [3.05, 3.63) is 59.2 Å². The van der Waals surface area contributed by atoms with Crippen LogP contribution < -0.4 is 5.32 Å². The summed E-state index contributed by atoms with van der Waals surface area (Å²) >= 11 is 1.50. The molecule has 0 aliphatic heterocycles. The average Bonchev–Trinajstić information content (AvgIpc) is 2.90. The lowest BCUT2D eigenvalue weighted by molar-refractivity contribution is 0.102.